The van der Waals surface area contributed by atoms with Gasteiger partial charge in [0.1, 0.15) is 0 Å². The van der Waals surface area contributed by atoms with E-state index in [1.165, 1.54) is 0 Å². The van der Waals surface area contributed by atoms with Crippen molar-refractivity contribution in [2.45, 2.75) is 20.3 Å². The Balaban J connectivity index is 1.55. The van der Waals surface area contributed by atoms with Crippen LogP contribution in [0.25, 0.3) is 0 Å². The summed E-state index contributed by atoms with van der Waals surface area (Å²) in [7, 11) is 0. The number of anilines is 3. The summed E-state index contributed by atoms with van der Waals surface area (Å²) in [4.78, 5) is 39.1. The number of benzene rings is 3. The van der Waals surface area contributed by atoms with Crippen LogP contribution in [0.4, 0.5) is 17.1 Å². The Morgan fingerprint density at radius 1 is 0.794 bits per heavy atom. The molecule has 0 heterocycles. The SMILES string of the molecule is CCCNC(=O)c1cccc(NCC(=O)Nc2ccc(C(=O)N(CC)c3ccccc3)cc2)c1. The van der Waals surface area contributed by atoms with Crippen LogP contribution in [-0.4, -0.2) is 37.4 Å². The van der Waals surface area contributed by atoms with E-state index in [0.29, 0.717) is 35.6 Å². The van der Waals surface area contributed by atoms with Gasteiger partial charge >= 0.3 is 0 Å². The standard InChI is InChI=1S/C27H30N4O3/c1-3-17-28-26(33)21-9-8-10-23(18-21)29-19-25(32)30-22-15-13-20(14-16-22)27(34)31(4-2)24-11-6-5-7-12-24/h5-16,18,29H,3-4,17,19H2,1-2H3,(H,28,33)(H,30,32). The van der Waals surface area contributed by atoms with Gasteiger partial charge in [-0.1, -0.05) is 31.2 Å². The van der Waals surface area contributed by atoms with E-state index in [1.54, 1.807) is 53.4 Å². The van der Waals surface area contributed by atoms with Crippen molar-refractivity contribution in [3.05, 3.63) is 90.0 Å². The van der Waals surface area contributed by atoms with Crippen LogP contribution >= 0.6 is 0 Å². The zero-order valence-corrected chi connectivity index (χ0v) is 19.5. The highest BCUT2D eigenvalue weighted by molar-refractivity contribution is 6.06. The van der Waals surface area contributed by atoms with Gasteiger partial charge in [-0.3, -0.25) is 14.4 Å². The molecule has 0 fully saturated rings. The van der Waals surface area contributed by atoms with Crippen molar-refractivity contribution in [1.29, 1.82) is 0 Å². The lowest BCUT2D eigenvalue weighted by Gasteiger charge is -2.21. The van der Waals surface area contributed by atoms with Crippen molar-refractivity contribution >= 4 is 34.8 Å². The molecule has 3 rings (SSSR count). The van der Waals surface area contributed by atoms with E-state index in [-0.39, 0.29) is 24.3 Å². The number of hydrogen-bond donors (Lipinski definition) is 3. The molecule has 0 saturated heterocycles. The van der Waals surface area contributed by atoms with Crippen LogP contribution in [0, 0.1) is 0 Å². The molecular formula is C27H30N4O3. The highest BCUT2D eigenvalue weighted by Crippen LogP contribution is 2.18. The van der Waals surface area contributed by atoms with Crippen LogP contribution in [0.2, 0.25) is 0 Å². The van der Waals surface area contributed by atoms with Crippen LogP contribution in [0.5, 0.6) is 0 Å². The van der Waals surface area contributed by atoms with E-state index in [1.807, 2.05) is 44.2 Å². The second kappa shape index (κ2) is 12.2. The Labute approximate surface area is 200 Å². The summed E-state index contributed by atoms with van der Waals surface area (Å²) in [5.41, 5.74) is 3.20. The van der Waals surface area contributed by atoms with Crippen LogP contribution in [0.15, 0.2) is 78.9 Å². The summed E-state index contributed by atoms with van der Waals surface area (Å²) in [6.45, 7) is 5.13. The van der Waals surface area contributed by atoms with Gasteiger partial charge in [0.05, 0.1) is 6.54 Å². The van der Waals surface area contributed by atoms with Gasteiger partial charge in [0, 0.05) is 41.3 Å². The Morgan fingerprint density at radius 2 is 1.53 bits per heavy atom. The molecule has 0 spiro atoms. The Hall–Kier alpha value is -4.13. The summed E-state index contributed by atoms with van der Waals surface area (Å²) in [5, 5.41) is 8.68. The zero-order valence-electron chi connectivity index (χ0n) is 19.5. The number of carbonyl (C=O) groups is 3. The fraction of sp³-hybridized carbons (Fsp3) is 0.222. The minimum Gasteiger partial charge on any atom is -0.376 e. The molecule has 0 atom stereocenters. The first-order chi connectivity index (χ1) is 16.5. The number of para-hydroxylation sites is 1. The minimum absolute atomic E-state index is 0.0400. The average molecular weight is 459 g/mol. The number of amides is 3. The van der Waals surface area contributed by atoms with E-state index < -0.39 is 0 Å². The average Bonchev–Trinajstić information content (AvgIpc) is 2.87. The third-order valence-corrected chi connectivity index (χ3v) is 5.16. The summed E-state index contributed by atoms with van der Waals surface area (Å²) in [6.07, 6.45) is 0.864. The van der Waals surface area contributed by atoms with Crippen molar-refractivity contribution in [1.82, 2.24) is 5.32 Å². The topological polar surface area (TPSA) is 90.5 Å². The molecule has 0 saturated carbocycles. The largest absolute Gasteiger partial charge is 0.376 e. The lowest BCUT2D eigenvalue weighted by molar-refractivity contribution is -0.114. The van der Waals surface area contributed by atoms with Crippen molar-refractivity contribution in [2.24, 2.45) is 0 Å². The summed E-state index contributed by atoms with van der Waals surface area (Å²) < 4.78 is 0. The first kappa shape index (κ1) is 24.5. The van der Waals surface area contributed by atoms with Gasteiger partial charge in [-0.25, -0.2) is 0 Å². The quantitative estimate of drug-likeness (QED) is 0.416. The Bertz CT molecular complexity index is 1110. The normalized spacial score (nSPS) is 10.3. The molecule has 3 N–H and O–H groups in total. The molecule has 34 heavy (non-hydrogen) atoms. The lowest BCUT2D eigenvalue weighted by atomic mass is 10.1. The van der Waals surface area contributed by atoms with Gasteiger partial charge in [-0.2, -0.15) is 0 Å². The van der Waals surface area contributed by atoms with Gasteiger partial charge in [-0.15, -0.1) is 0 Å². The molecule has 0 bridgehead atoms. The number of hydrogen-bond acceptors (Lipinski definition) is 4. The van der Waals surface area contributed by atoms with Gasteiger partial charge in [-0.05, 0) is 67.9 Å². The minimum atomic E-state index is -0.237. The highest BCUT2D eigenvalue weighted by atomic mass is 16.2. The van der Waals surface area contributed by atoms with Crippen LogP contribution in [0.3, 0.4) is 0 Å². The maximum absolute atomic E-state index is 12.9. The summed E-state index contributed by atoms with van der Waals surface area (Å²) >= 11 is 0. The van der Waals surface area contributed by atoms with Crippen LogP contribution < -0.4 is 20.9 Å². The van der Waals surface area contributed by atoms with Crippen molar-refractivity contribution < 1.29 is 14.4 Å². The molecule has 0 aliphatic heterocycles. The molecule has 0 radical (unpaired) electrons. The van der Waals surface area contributed by atoms with Crippen LogP contribution in [-0.2, 0) is 4.79 Å². The zero-order chi connectivity index (χ0) is 24.3. The first-order valence-corrected chi connectivity index (χ1v) is 11.4. The van der Waals surface area contributed by atoms with E-state index in [2.05, 4.69) is 16.0 Å². The fourth-order valence-corrected chi connectivity index (χ4v) is 3.40. The summed E-state index contributed by atoms with van der Waals surface area (Å²) in [5.74, 6) is -0.478. The second-order valence-corrected chi connectivity index (χ2v) is 7.70. The molecule has 0 aliphatic rings. The fourth-order valence-electron chi connectivity index (χ4n) is 3.40. The van der Waals surface area contributed by atoms with Crippen molar-refractivity contribution in [3.8, 4) is 0 Å². The third-order valence-electron chi connectivity index (χ3n) is 5.16. The van der Waals surface area contributed by atoms with E-state index >= 15 is 0 Å². The molecule has 3 aromatic rings. The van der Waals surface area contributed by atoms with Crippen LogP contribution in [0.1, 0.15) is 41.0 Å². The predicted molar refractivity (Wildman–Crippen MR) is 136 cm³/mol. The monoisotopic (exact) mass is 458 g/mol. The Kier molecular flexibility index (Phi) is 8.80. The predicted octanol–water partition coefficient (Wildman–Crippen LogP) is 4.54. The molecule has 176 valence electrons. The molecule has 0 unspecified atom stereocenters. The van der Waals surface area contributed by atoms with Gasteiger partial charge in [0.25, 0.3) is 11.8 Å². The first-order valence-electron chi connectivity index (χ1n) is 11.4. The number of carbonyl (C=O) groups excluding carboxylic acids is 3. The van der Waals surface area contributed by atoms with Gasteiger partial charge in [0.2, 0.25) is 5.91 Å². The number of rotatable bonds is 10. The maximum Gasteiger partial charge on any atom is 0.258 e. The van der Waals surface area contributed by atoms with Gasteiger partial charge in [0.15, 0.2) is 0 Å². The van der Waals surface area contributed by atoms with E-state index in [9.17, 15) is 14.4 Å². The molecule has 7 heteroatoms. The molecule has 0 aromatic heterocycles. The smallest absolute Gasteiger partial charge is 0.258 e. The molecule has 7 nitrogen and oxygen atoms in total. The third kappa shape index (κ3) is 6.68. The second-order valence-electron chi connectivity index (χ2n) is 7.70. The molecule has 3 aromatic carbocycles. The number of nitrogens with zero attached hydrogens (tertiary/aromatic N) is 1. The van der Waals surface area contributed by atoms with Gasteiger partial charge < -0.3 is 20.9 Å². The number of nitrogens with one attached hydrogen (secondary N) is 3. The maximum atomic E-state index is 12.9. The molecule has 0 aliphatic carbocycles. The summed E-state index contributed by atoms with van der Waals surface area (Å²) in [6, 6.07) is 23.4. The lowest BCUT2D eigenvalue weighted by Crippen LogP contribution is -2.30. The molecule has 3 amide bonds. The van der Waals surface area contributed by atoms with Crippen molar-refractivity contribution in [2.75, 3.05) is 35.2 Å². The van der Waals surface area contributed by atoms with E-state index in [4.69, 9.17) is 0 Å². The molecular weight excluding hydrogens is 428 g/mol. The van der Waals surface area contributed by atoms with E-state index in [0.717, 1.165) is 12.1 Å². The van der Waals surface area contributed by atoms with Crippen molar-refractivity contribution in [3.63, 3.8) is 0 Å². The highest BCUT2D eigenvalue weighted by Gasteiger charge is 2.16. The Morgan fingerprint density at radius 3 is 2.21 bits per heavy atom.